The molecule has 132 valence electrons. The molecule has 2 rings (SSSR count). The number of hydrogen-bond donors (Lipinski definition) is 3. The van der Waals surface area contributed by atoms with Crippen LogP contribution in [0.25, 0.3) is 0 Å². The number of phenols is 1. The van der Waals surface area contributed by atoms with Crippen molar-refractivity contribution in [2.75, 3.05) is 19.4 Å². The van der Waals surface area contributed by atoms with Crippen LogP contribution in [-0.2, 0) is 4.79 Å². The maximum Gasteiger partial charge on any atom is 0.257 e. The average Bonchev–Trinajstić information content (AvgIpc) is 2.58. The highest BCUT2D eigenvalue weighted by atomic mass is 16.3. The third-order valence-electron chi connectivity index (χ3n) is 4.09. The molecule has 0 heterocycles. The van der Waals surface area contributed by atoms with Crippen molar-refractivity contribution in [3.8, 4) is 18.1 Å². The molecule has 1 atom stereocenters. The number of rotatable bonds is 7. The predicted molar refractivity (Wildman–Crippen MR) is 97.1 cm³/mol. The Hall–Kier alpha value is -2.94. The Morgan fingerprint density at radius 1 is 1.44 bits per heavy atom. The van der Waals surface area contributed by atoms with E-state index in [2.05, 4.69) is 16.6 Å². The summed E-state index contributed by atoms with van der Waals surface area (Å²) < 4.78 is 0. The zero-order valence-electron chi connectivity index (χ0n) is 14.7. The van der Waals surface area contributed by atoms with Crippen LogP contribution in [-0.4, -0.2) is 41.8 Å². The standard InChI is InChI=1S/C19H23N3O3/c1-5-8-12(6-2)20-15-11-16(23)17(15)21-14-10-7-9-13(18(14)24)19(25)22(3)4/h1,7,9-10,12,20-21,24H,6,8,11H2,2-4H3. The summed E-state index contributed by atoms with van der Waals surface area (Å²) in [6, 6.07) is 4.92. The first-order chi connectivity index (χ1) is 11.9. The van der Waals surface area contributed by atoms with Gasteiger partial charge in [-0.15, -0.1) is 12.3 Å². The third kappa shape index (κ3) is 3.94. The van der Waals surface area contributed by atoms with Gasteiger partial charge in [0, 0.05) is 32.3 Å². The SMILES string of the molecule is C#CCC(CC)NC1=C(Nc2cccc(C(=O)N(C)C)c2O)C(=O)C1. The molecule has 1 aliphatic carbocycles. The molecule has 1 aromatic rings. The van der Waals surface area contributed by atoms with E-state index in [-0.39, 0.29) is 29.0 Å². The minimum absolute atomic E-state index is 0.0539. The summed E-state index contributed by atoms with van der Waals surface area (Å²) in [4.78, 5) is 25.4. The molecule has 0 fully saturated rings. The van der Waals surface area contributed by atoms with E-state index in [9.17, 15) is 14.7 Å². The number of nitrogens with zero attached hydrogens (tertiary/aromatic N) is 1. The number of ketones is 1. The Labute approximate surface area is 147 Å². The highest BCUT2D eigenvalue weighted by Gasteiger charge is 2.29. The van der Waals surface area contributed by atoms with Crippen LogP contribution in [0.15, 0.2) is 29.6 Å². The molecule has 0 saturated heterocycles. The molecule has 0 aliphatic heterocycles. The summed E-state index contributed by atoms with van der Waals surface area (Å²) in [7, 11) is 3.22. The van der Waals surface area contributed by atoms with Gasteiger partial charge in [-0.2, -0.15) is 0 Å². The second-order valence-corrected chi connectivity index (χ2v) is 6.14. The van der Waals surface area contributed by atoms with Crippen molar-refractivity contribution in [3.05, 3.63) is 35.2 Å². The maximum absolute atomic E-state index is 12.1. The van der Waals surface area contributed by atoms with Crippen LogP contribution in [0.2, 0.25) is 0 Å². The lowest BCUT2D eigenvalue weighted by Gasteiger charge is -2.28. The molecule has 1 aliphatic rings. The number of phenolic OH excluding ortho intramolecular Hbond substituents is 1. The lowest BCUT2D eigenvalue weighted by atomic mass is 9.96. The van der Waals surface area contributed by atoms with Gasteiger partial charge in [-0.25, -0.2) is 0 Å². The predicted octanol–water partition coefficient (Wildman–Crippen LogP) is 2.08. The van der Waals surface area contributed by atoms with Crippen LogP contribution in [0.4, 0.5) is 5.69 Å². The zero-order chi connectivity index (χ0) is 18.6. The fourth-order valence-corrected chi connectivity index (χ4v) is 2.55. The summed E-state index contributed by atoms with van der Waals surface area (Å²) in [5.74, 6) is 2.07. The van der Waals surface area contributed by atoms with Crippen molar-refractivity contribution in [3.63, 3.8) is 0 Å². The number of carbonyl (C=O) groups is 2. The van der Waals surface area contributed by atoms with E-state index in [0.29, 0.717) is 24.2 Å². The normalized spacial score (nSPS) is 14.4. The van der Waals surface area contributed by atoms with Gasteiger partial charge >= 0.3 is 0 Å². The lowest BCUT2D eigenvalue weighted by molar-refractivity contribution is -0.116. The number of para-hydroxylation sites is 1. The molecule has 1 unspecified atom stereocenters. The van der Waals surface area contributed by atoms with E-state index in [1.54, 1.807) is 32.3 Å². The molecule has 0 bridgehead atoms. The van der Waals surface area contributed by atoms with Crippen LogP contribution in [0.5, 0.6) is 5.75 Å². The molecular weight excluding hydrogens is 318 g/mol. The molecule has 6 nitrogen and oxygen atoms in total. The lowest BCUT2D eigenvalue weighted by Crippen LogP contribution is -2.37. The first-order valence-corrected chi connectivity index (χ1v) is 8.16. The number of carbonyl (C=O) groups excluding carboxylic acids is 2. The van der Waals surface area contributed by atoms with Gasteiger partial charge in [-0.1, -0.05) is 13.0 Å². The number of Topliss-reactive ketones (excluding diaryl/α,β-unsaturated/α-hetero) is 1. The second-order valence-electron chi connectivity index (χ2n) is 6.14. The summed E-state index contributed by atoms with van der Waals surface area (Å²) in [6.45, 7) is 2.02. The molecule has 6 heteroatoms. The molecule has 0 radical (unpaired) electrons. The highest BCUT2D eigenvalue weighted by Crippen LogP contribution is 2.32. The summed E-state index contributed by atoms with van der Waals surface area (Å²) in [5.41, 5.74) is 1.67. The average molecular weight is 341 g/mol. The van der Waals surface area contributed by atoms with Crippen molar-refractivity contribution in [1.29, 1.82) is 0 Å². The van der Waals surface area contributed by atoms with E-state index >= 15 is 0 Å². The van der Waals surface area contributed by atoms with Gasteiger partial charge < -0.3 is 20.6 Å². The topological polar surface area (TPSA) is 81.7 Å². The smallest absolute Gasteiger partial charge is 0.257 e. The van der Waals surface area contributed by atoms with Gasteiger partial charge in [0.05, 0.1) is 17.7 Å². The Balaban J connectivity index is 2.25. The Morgan fingerprint density at radius 3 is 2.72 bits per heavy atom. The maximum atomic E-state index is 12.1. The highest BCUT2D eigenvalue weighted by molar-refractivity contribution is 6.07. The number of hydrogen-bond acceptors (Lipinski definition) is 5. The van der Waals surface area contributed by atoms with Gasteiger partial charge in [-0.3, -0.25) is 9.59 Å². The van der Waals surface area contributed by atoms with Crippen LogP contribution in [0, 0.1) is 12.3 Å². The molecular formula is C19H23N3O3. The van der Waals surface area contributed by atoms with E-state index < -0.39 is 0 Å². The van der Waals surface area contributed by atoms with Crippen LogP contribution in [0.3, 0.4) is 0 Å². The van der Waals surface area contributed by atoms with Crippen molar-refractivity contribution >= 4 is 17.4 Å². The summed E-state index contributed by atoms with van der Waals surface area (Å²) in [6.07, 6.45) is 7.07. The Morgan fingerprint density at radius 2 is 2.16 bits per heavy atom. The monoisotopic (exact) mass is 341 g/mol. The second kappa shape index (κ2) is 7.75. The number of anilines is 1. The van der Waals surface area contributed by atoms with Gasteiger partial charge in [0.15, 0.2) is 11.5 Å². The largest absolute Gasteiger partial charge is 0.505 e. The molecule has 0 spiro atoms. The van der Waals surface area contributed by atoms with Gasteiger partial charge in [0.25, 0.3) is 5.91 Å². The third-order valence-corrected chi connectivity index (χ3v) is 4.09. The fourth-order valence-electron chi connectivity index (χ4n) is 2.55. The first kappa shape index (κ1) is 18.4. The van der Waals surface area contributed by atoms with Crippen molar-refractivity contribution in [2.45, 2.75) is 32.2 Å². The number of benzene rings is 1. The van der Waals surface area contributed by atoms with Crippen LogP contribution in [0.1, 0.15) is 36.5 Å². The van der Waals surface area contributed by atoms with Crippen LogP contribution >= 0.6 is 0 Å². The van der Waals surface area contributed by atoms with Crippen molar-refractivity contribution in [1.82, 2.24) is 10.2 Å². The summed E-state index contributed by atoms with van der Waals surface area (Å²) >= 11 is 0. The molecule has 0 saturated carbocycles. The van der Waals surface area contributed by atoms with E-state index in [1.165, 1.54) is 4.90 Å². The molecule has 1 aromatic carbocycles. The number of terminal acetylenes is 1. The molecule has 1 amide bonds. The van der Waals surface area contributed by atoms with Gasteiger partial charge in [0.2, 0.25) is 0 Å². The minimum atomic E-state index is -0.312. The van der Waals surface area contributed by atoms with Crippen LogP contribution < -0.4 is 10.6 Å². The molecule has 3 N–H and O–H groups in total. The van der Waals surface area contributed by atoms with E-state index in [4.69, 9.17) is 6.42 Å². The first-order valence-electron chi connectivity index (χ1n) is 8.16. The number of amides is 1. The number of nitrogens with one attached hydrogen (secondary N) is 2. The minimum Gasteiger partial charge on any atom is -0.505 e. The fraction of sp³-hybridized carbons (Fsp3) is 0.368. The summed E-state index contributed by atoms with van der Waals surface area (Å²) in [5, 5.41) is 16.6. The van der Waals surface area contributed by atoms with Gasteiger partial charge in [0.1, 0.15) is 5.70 Å². The van der Waals surface area contributed by atoms with Gasteiger partial charge in [-0.05, 0) is 18.6 Å². The number of aromatic hydroxyl groups is 1. The zero-order valence-corrected chi connectivity index (χ0v) is 14.7. The quantitative estimate of drug-likeness (QED) is 0.523. The van der Waals surface area contributed by atoms with Crippen molar-refractivity contribution in [2.24, 2.45) is 0 Å². The Bertz CT molecular complexity index is 760. The van der Waals surface area contributed by atoms with E-state index in [1.807, 2.05) is 6.92 Å². The van der Waals surface area contributed by atoms with Crippen molar-refractivity contribution < 1.29 is 14.7 Å². The van der Waals surface area contributed by atoms with E-state index in [0.717, 1.165) is 12.1 Å². The molecule has 0 aromatic heterocycles. The number of allylic oxidation sites excluding steroid dienone is 2. The molecule has 25 heavy (non-hydrogen) atoms. The Kier molecular flexibility index (Phi) is 5.71.